The summed E-state index contributed by atoms with van der Waals surface area (Å²) in [6, 6.07) is 4.21. The molecule has 1 aromatic heterocycles. The largest absolute Gasteiger partial charge is 0.490 e. The Labute approximate surface area is 250 Å². The maximum Gasteiger partial charge on any atom is 0.267 e. The average molecular weight is 609 g/mol. The van der Waals surface area contributed by atoms with Crippen LogP contribution in [0.4, 0.5) is 5.69 Å². The van der Waals surface area contributed by atoms with Crippen molar-refractivity contribution in [2.45, 2.75) is 90.4 Å². The quantitative estimate of drug-likeness (QED) is 0.429. The molecule has 3 rings (SSSR count). The van der Waals surface area contributed by atoms with Crippen LogP contribution in [0.3, 0.4) is 0 Å². The Hall–Kier alpha value is -2.67. The number of nitrogens with one attached hydrogen (secondary N) is 1. The number of aliphatic hydroxyl groups is 1. The van der Waals surface area contributed by atoms with Gasteiger partial charge in [0.05, 0.1) is 30.4 Å². The van der Waals surface area contributed by atoms with Crippen molar-refractivity contribution in [3.63, 3.8) is 0 Å². The summed E-state index contributed by atoms with van der Waals surface area (Å²) in [4.78, 5) is 18.1. The highest BCUT2D eigenvalue weighted by Crippen LogP contribution is 2.30. The number of aromatic nitrogens is 1. The highest BCUT2D eigenvalue weighted by atomic mass is 32.2. The maximum absolute atomic E-state index is 14.2. The summed E-state index contributed by atoms with van der Waals surface area (Å²) in [5.41, 5.74) is 0.655. The van der Waals surface area contributed by atoms with Crippen LogP contribution >= 0.6 is 0 Å². The highest BCUT2D eigenvalue weighted by Gasteiger charge is 2.31. The van der Waals surface area contributed by atoms with Gasteiger partial charge < -0.3 is 28.9 Å². The normalized spacial score (nSPS) is 21.9. The topological polar surface area (TPSA) is 134 Å². The zero-order valence-corrected chi connectivity index (χ0v) is 26.9. The van der Waals surface area contributed by atoms with Crippen LogP contribution in [0.15, 0.2) is 27.6 Å². The summed E-state index contributed by atoms with van der Waals surface area (Å²) >= 11 is 0. The van der Waals surface area contributed by atoms with Crippen molar-refractivity contribution in [1.82, 2.24) is 15.0 Å². The van der Waals surface area contributed by atoms with Crippen molar-refractivity contribution in [2.24, 2.45) is 5.92 Å². The van der Waals surface area contributed by atoms with Crippen molar-refractivity contribution < 1.29 is 32.3 Å². The molecule has 1 aromatic carbocycles. The number of sulfonamides is 1. The molecule has 12 heteroatoms. The molecule has 1 aliphatic heterocycles. The fourth-order valence-electron chi connectivity index (χ4n) is 5.29. The van der Waals surface area contributed by atoms with Crippen LogP contribution in [0, 0.1) is 19.8 Å². The van der Waals surface area contributed by atoms with Crippen LogP contribution in [-0.4, -0.2) is 92.5 Å². The number of hydrogen-bond acceptors (Lipinski definition) is 9. The number of likely N-dealkylation sites (N-methyl/N-ethyl adjacent to an activating group) is 1. The number of rotatable bonds is 9. The molecule has 1 aliphatic rings. The van der Waals surface area contributed by atoms with Gasteiger partial charge in [-0.25, -0.2) is 8.42 Å². The van der Waals surface area contributed by atoms with E-state index in [0.717, 1.165) is 38.8 Å². The maximum atomic E-state index is 14.2. The van der Waals surface area contributed by atoms with Gasteiger partial charge in [-0.05, 0) is 85.2 Å². The monoisotopic (exact) mass is 608 g/mol. The second-order valence-corrected chi connectivity index (χ2v) is 13.2. The molecular formula is C30H48N4O7S. The van der Waals surface area contributed by atoms with Crippen molar-refractivity contribution in [3.05, 3.63) is 35.2 Å². The van der Waals surface area contributed by atoms with Gasteiger partial charge in [-0.2, -0.15) is 0 Å². The molecule has 42 heavy (non-hydrogen) atoms. The molecule has 0 bridgehead atoms. The van der Waals surface area contributed by atoms with Gasteiger partial charge >= 0.3 is 0 Å². The SMILES string of the molecule is CCCN(C)C[C@@H]1OCCCC[C@@H](C)Oc2ccc(NS(=O)(=O)c3c(C)noc3C)cc2C(=O)N([C@@H](C)CO)C[C@@H]1C. The van der Waals surface area contributed by atoms with Crippen molar-refractivity contribution in [2.75, 3.05) is 44.6 Å². The Morgan fingerprint density at radius 2 is 1.98 bits per heavy atom. The molecule has 11 nitrogen and oxygen atoms in total. The molecule has 236 valence electrons. The van der Waals surface area contributed by atoms with E-state index in [0.29, 0.717) is 18.9 Å². The molecule has 4 atom stereocenters. The number of ether oxygens (including phenoxy) is 2. The Balaban J connectivity index is 2.02. The molecule has 1 amide bonds. The minimum absolute atomic E-state index is 0.0327. The number of carbonyl (C=O) groups excluding carboxylic acids is 1. The molecule has 0 unspecified atom stereocenters. The number of carbonyl (C=O) groups is 1. The molecule has 0 fully saturated rings. The van der Waals surface area contributed by atoms with E-state index in [2.05, 4.69) is 35.7 Å². The summed E-state index contributed by atoms with van der Waals surface area (Å²) < 4.78 is 46.7. The summed E-state index contributed by atoms with van der Waals surface area (Å²) in [6.07, 6.45) is 3.30. The smallest absolute Gasteiger partial charge is 0.267 e. The van der Waals surface area contributed by atoms with Crippen LogP contribution in [0.5, 0.6) is 5.75 Å². The van der Waals surface area contributed by atoms with E-state index < -0.39 is 16.1 Å². The van der Waals surface area contributed by atoms with E-state index in [9.17, 15) is 18.3 Å². The van der Waals surface area contributed by atoms with E-state index in [1.165, 1.54) is 13.0 Å². The third-order valence-corrected chi connectivity index (χ3v) is 9.26. The van der Waals surface area contributed by atoms with Crippen LogP contribution in [0.25, 0.3) is 0 Å². The molecular weight excluding hydrogens is 560 g/mol. The minimum atomic E-state index is -4.04. The van der Waals surface area contributed by atoms with Gasteiger partial charge in [0.15, 0.2) is 10.7 Å². The number of nitrogens with zero attached hydrogens (tertiary/aromatic N) is 3. The van der Waals surface area contributed by atoms with E-state index >= 15 is 0 Å². The number of benzene rings is 1. The van der Waals surface area contributed by atoms with E-state index in [1.54, 1.807) is 30.9 Å². The van der Waals surface area contributed by atoms with Gasteiger partial charge in [-0.3, -0.25) is 9.52 Å². The summed E-state index contributed by atoms with van der Waals surface area (Å²) in [5, 5.41) is 13.9. The number of aryl methyl sites for hydroxylation is 2. The van der Waals surface area contributed by atoms with Gasteiger partial charge in [0, 0.05) is 31.3 Å². The lowest BCUT2D eigenvalue weighted by Crippen LogP contribution is -2.47. The summed E-state index contributed by atoms with van der Waals surface area (Å²) in [6.45, 7) is 13.4. The molecule has 2 heterocycles. The fourth-order valence-corrected chi connectivity index (χ4v) is 6.67. The van der Waals surface area contributed by atoms with Crippen LogP contribution in [-0.2, 0) is 14.8 Å². The van der Waals surface area contributed by atoms with Crippen molar-refractivity contribution in [1.29, 1.82) is 0 Å². The zero-order chi connectivity index (χ0) is 31.0. The van der Waals surface area contributed by atoms with E-state index in [-0.39, 0.29) is 58.2 Å². The molecule has 0 aliphatic carbocycles. The predicted molar refractivity (Wildman–Crippen MR) is 161 cm³/mol. The summed E-state index contributed by atoms with van der Waals surface area (Å²) in [5.74, 6) is 0.143. The first-order chi connectivity index (χ1) is 19.9. The van der Waals surface area contributed by atoms with Crippen molar-refractivity contribution in [3.8, 4) is 5.75 Å². The molecule has 2 N–H and O–H groups in total. The number of fused-ring (bicyclic) bond motifs is 1. The average Bonchev–Trinajstić information content (AvgIpc) is 3.28. The first kappa shape index (κ1) is 33.8. The second kappa shape index (κ2) is 15.2. The van der Waals surface area contributed by atoms with Gasteiger partial charge in [0.2, 0.25) is 0 Å². The standard InChI is InChI=1S/C30H48N4O7S/c1-8-14-33(7)18-28-20(2)17-34(21(3)19-35)30(36)26-16-25(32-42(37,38)29-23(5)31-41-24(29)6)12-13-27(26)40-22(4)11-9-10-15-39-28/h12-13,16,20-22,28,32,35H,8-11,14-15,17-19H2,1-7H3/t20-,21-,22+,28-/m0/s1. The first-order valence-electron chi connectivity index (χ1n) is 14.9. The van der Waals surface area contributed by atoms with Crippen molar-refractivity contribution >= 4 is 21.6 Å². The number of aliphatic hydroxyl groups excluding tert-OH is 1. The number of anilines is 1. The third kappa shape index (κ3) is 8.68. The van der Waals surface area contributed by atoms with Crippen LogP contribution < -0.4 is 9.46 Å². The Kier molecular flexibility index (Phi) is 12.2. The van der Waals surface area contributed by atoms with Crippen LogP contribution in [0.1, 0.15) is 75.2 Å². The summed E-state index contributed by atoms with van der Waals surface area (Å²) in [7, 11) is -1.96. The number of amides is 1. The van der Waals surface area contributed by atoms with E-state index in [4.69, 9.17) is 14.0 Å². The molecule has 0 radical (unpaired) electrons. The van der Waals surface area contributed by atoms with Gasteiger partial charge in [-0.15, -0.1) is 0 Å². The molecule has 0 saturated carbocycles. The first-order valence-corrected chi connectivity index (χ1v) is 16.3. The lowest BCUT2D eigenvalue weighted by molar-refractivity contribution is -0.0167. The lowest BCUT2D eigenvalue weighted by atomic mass is 10.0. The Bertz CT molecular complexity index is 1260. The number of hydrogen-bond donors (Lipinski definition) is 2. The van der Waals surface area contributed by atoms with Gasteiger partial charge in [0.25, 0.3) is 15.9 Å². The Morgan fingerprint density at radius 1 is 1.24 bits per heavy atom. The molecule has 0 saturated heterocycles. The zero-order valence-electron chi connectivity index (χ0n) is 26.1. The van der Waals surface area contributed by atoms with E-state index in [1.807, 2.05) is 6.92 Å². The molecule has 0 spiro atoms. The Morgan fingerprint density at radius 3 is 2.62 bits per heavy atom. The lowest BCUT2D eigenvalue weighted by Gasteiger charge is -2.35. The highest BCUT2D eigenvalue weighted by molar-refractivity contribution is 7.92. The van der Waals surface area contributed by atoms with Crippen LogP contribution in [0.2, 0.25) is 0 Å². The third-order valence-electron chi connectivity index (χ3n) is 7.64. The second-order valence-electron chi connectivity index (χ2n) is 11.5. The minimum Gasteiger partial charge on any atom is -0.490 e. The van der Waals surface area contributed by atoms with Gasteiger partial charge in [0.1, 0.15) is 11.4 Å². The predicted octanol–water partition coefficient (Wildman–Crippen LogP) is 4.23. The van der Waals surface area contributed by atoms with Gasteiger partial charge in [-0.1, -0.05) is 19.0 Å². The fraction of sp³-hybridized carbons (Fsp3) is 0.667. The molecule has 2 aromatic rings.